The van der Waals surface area contributed by atoms with Crippen LogP contribution in [0, 0.1) is 0 Å². The van der Waals surface area contributed by atoms with Gasteiger partial charge in [-0.05, 0) is 56.3 Å². The molecular weight excluding hydrogens is 574 g/mol. The molecule has 42 heavy (non-hydrogen) atoms. The van der Waals surface area contributed by atoms with Crippen molar-refractivity contribution in [1.82, 2.24) is 24.8 Å². The van der Waals surface area contributed by atoms with Gasteiger partial charge in [0, 0.05) is 47.6 Å². The lowest BCUT2D eigenvalue weighted by atomic mass is 9.93. The molecule has 0 bridgehead atoms. The lowest BCUT2D eigenvalue weighted by Gasteiger charge is -2.14. The van der Waals surface area contributed by atoms with Crippen molar-refractivity contribution in [3.8, 4) is 11.3 Å². The summed E-state index contributed by atoms with van der Waals surface area (Å²) in [4.78, 5) is 33.2. The zero-order chi connectivity index (χ0) is 28.6. The molecule has 3 aromatic heterocycles. The Bertz CT molecular complexity index is 1710. The molecule has 6 rings (SSSR count). The van der Waals surface area contributed by atoms with Gasteiger partial charge in [0.15, 0.2) is 10.8 Å². The van der Waals surface area contributed by atoms with Gasteiger partial charge in [-0.1, -0.05) is 49.4 Å². The normalized spacial score (nSPS) is 13.8. The Hall–Kier alpha value is -3.93. The molecule has 1 saturated heterocycles. The van der Waals surface area contributed by atoms with Crippen molar-refractivity contribution < 1.29 is 14.1 Å². The highest BCUT2D eigenvalue weighted by atomic mass is 35.5. The van der Waals surface area contributed by atoms with Gasteiger partial charge in [0.1, 0.15) is 5.76 Å². The van der Waals surface area contributed by atoms with Crippen molar-refractivity contribution in [2.24, 2.45) is 0 Å². The molecule has 3 amide bonds. The molecule has 1 aliphatic heterocycles. The summed E-state index contributed by atoms with van der Waals surface area (Å²) in [6.45, 7) is 9.85. The zero-order valence-corrected chi connectivity index (χ0v) is 25.4. The van der Waals surface area contributed by atoms with Crippen LogP contribution in [0.2, 0.25) is 0 Å². The number of benzene rings is 2. The molecule has 220 valence electrons. The Balaban J connectivity index is 0.00000353. The molecule has 0 unspecified atom stereocenters. The monoisotopic (exact) mass is 607 g/mol. The van der Waals surface area contributed by atoms with Gasteiger partial charge < -0.3 is 20.1 Å². The maximum Gasteiger partial charge on any atom is 0.324 e. The third kappa shape index (κ3) is 6.43. The number of aromatic nitrogens is 3. The molecule has 10 nitrogen and oxygen atoms in total. The molecule has 1 fully saturated rings. The predicted molar refractivity (Wildman–Crippen MR) is 169 cm³/mol. The van der Waals surface area contributed by atoms with Gasteiger partial charge in [-0.3, -0.25) is 14.5 Å². The highest BCUT2D eigenvalue weighted by Crippen LogP contribution is 2.31. The molecular formula is C30H34ClN7O3S. The number of anilines is 2. The summed E-state index contributed by atoms with van der Waals surface area (Å²) in [5, 5.41) is 12.5. The van der Waals surface area contributed by atoms with Gasteiger partial charge in [0.05, 0.1) is 15.9 Å². The maximum absolute atomic E-state index is 12.7. The van der Waals surface area contributed by atoms with E-state index in [0.29, 0.717) is 29.4 Å². The Labute approximate surface area is 253 Å². The topological polar surface area (TPSA) is 117 Å². The van der Waals surface area contributed by atoms with E-state index in [0.717, 1.165) is 46.1 Å². The number of hydrogen-bond donors (Lipinski definition) is 3. The van der Waals surface area contributed by atoms with Crippen molar-refractivity contribution >= 4 is 62.4 Å². The summed E-state index contributed by atoms with van der Waals surface area (Å²) < 4.78 is 8.38. The molecule has 1 aliphatic rings. The minimum atomic E-state index is -0.403. The van der Waals surface area contributed by atoms with Crippen LogP contribution in [0.4, 0.5) is 16.3 Å². The van der Waals surface area contributed by atoms with E-state index in [1.54, 1.807) is 17.4 Å². The van der Waals surface area contributed by atoms with Gasteiger partial charge in [-0.15, -0.1) is 12.4 Å². The largest absolute Gasteiger partial charge is 0.359 e. The van der Waals surface area contributed by atoms with E-state index in [1.807, 2.05) is 73.8 Å². The second-order valence-corrected chi connectivity index (χ2v) is 12.4. The summed E-state index contributed by atoms with van der Waals surface area (Å²) >= 11 is 1.55. The van der Waals surface area contributed by atoms with Crippen LogP contribution < -0.4 is 16.0 Å². The van der Waals surface area contributed by atoms with Gasteiger partial charge in [0.2, 0.25) is 0 Å². The number of carbonyl (C=O) groups excluding carboxylic acids is 2. The van der Waals surface area contributed by atoms with Crippen LogP contribution >= 0.6 is 23.7 Å². The van der Waals surface area contributed by atoms with Crippen LogP contribution in [0.3, 0.4) is 0 Å². The average molecular weight is 608 g/mol. The lowest BCUT2D eigenvalue weighted by molar-refractivity contribution is 0.0950. The molecule has 5 aromatic rings. The number of amides is 3. The SMILES string of the molecule is CC(C)(C)c1cc(NC(=O)Nc2ccc(-c3cn4c(n3)sc3cc(C(=O)NCCN5CCCC5)ccc34)cc2)no1.Cl. The van der Waals surface area contributed by atoms with Gasteiger partial charge in [-0.25, -0.2) is 9.78 Å². The van der Waals surface area contributed by atoms with Crippen molar-refractivity contribution in [2.45, 2.75) is 39.0 Å². The highest BCUT2D eigenvalue weighted by Gasteiger charge is 2.20. The number of thiazole rings is 1. The summed E-state index contributed by atoms with van der Waals surface area (Å²) in [5.41, 5.74) is 3.88. The summed E-state index contributed by atoms with van der Waals surface area (Å²) in [6, 6.07) is 14.6. The second-order valence-electron chi connectivity index (χ2n) is 11.4. The number of urea groups is 1. The summed E-state index contributed by atoms with van der Waals surface area (Å²) in [6.07, 6.45) is 4.49. The minimum Gasteiger partial charge on any atom is -0.359 e. The number of hydrogen-bond acceptors (Lipinski definition) is 7. The number of likely N-dealkylation sites (tertiary alicyclic amines) is 1. The van der Waals surface area contributed by atoms with Crippen molar-refractivity contribution in [3.05, 3.63) is 66.1 Å². The molecule has 0 atom stereocenters. The van der Waals surface area contributed by atoms with E-state index in [4.69, 9.17) is 9.51 Å². The van der Waals surface area contributed by atoms with Crippen LogP contribution in [-0.2, 0) is 5.41 Å². The minimum absolute atomic E-state index is 0. The van der Waals surface area contributed by atoms with Crippen LogP contribution in [0.1, 0.15) is 49.7 Å². The van der Waals surface area contributed by atoms with E-state index in [1.165, 1.54) is 12.8 Å². The molecule has 0 radical (unpaired) electrons. The molecule has 12 heteroatoms. The Morgan fingerprint density at radius 1 is 1.02 bits per heavy atom. The van der Waals surface area contributed by atoms with Crippen molar-refractivity contribution in [3.63, 3.8) is 0 Å². The van der Waals surface area contributed by atoms with Gasteiger partial charge >= 0.3 is 6.03 Å². The first-order valence-electron chi connectivity index (χ1n) is 13.8. The third-order valence-electron chi connectivity index (χ3n) is 7.20. The van der Waals surface area contributed by atoms with E-state index in [9.17, 15) is 9.59 Å². The van der Waals surface area contributed by atoms with Crippen molar-refractivity contribution in [1.29, 1.82) is 0 Å². The van der Waals surface area contributed by atoms with E-state index < -0.39 is 6.03 Å². The van der Waals surface area contributed by atoms with Crippen molar-refractivity contribution in [2.75, 3.05) is 36.8 Å². The number of nitrogens with one attached hydrogen (secondary N) is 3. The first kappa shape index (κ1) is 29.6. The fourth-order valence-corrected chi connectivity index (χ4v) is 5.95. The van der Waals surface area contributed by atoms with Crippen LogP contribution in [0.15, 0.2) is 59.3 Å². The van der Waals surface area contributed by atoms with Gasteiger partial charge in [-0.2, -0.15) is 0 Å². The van der Waals surface area contributed by atoms with Crippen LogP contribution in [0.25, 0.3) is 26.4 Å². The zero-order valence-electron chi connectivity index (χ0n) is 23.8. The number of rotatable bonds is 7. The number of fused-ring (bicyclic) bond motifs is 3. The Kier molecular flexibility index (Phi) is 8.53. The number of halogens is 1. The highest BCUT2D eigenvalue weighted by molar-refractivity contribution is 7.23. The number of carbonyl (C=O) groups is 2. The van der Waals surface area contributed by atoms with Gasteiger partial charge in [0.25, 0.3) is 5.91 Å². The number of nitrogens with zero attached hydrogens (tertiary/aromatic N) is 4. The third-order valence-corrected chi connectivity index (χ3v) is 8.22. The quantitative estimate of drug-likeness (QED) is 0.197. The predicted octanol–water partition coefficient (Wildman–Crippen LogP) is 6.39. The summed E-state index contributed by atoms with van der Waals surface area (Å²) in [7, 11) is 0. The molecule has 0 saturated carbocycles. The Morgan fingerprint density at radius 2 is 1.79 bits per heavy atom. The van der Waals surface area contributed by atoms with E-state index >= 15 is 0 Å². The van der Waals surface area contributed by atoms with Crippen LogP contribution in [-0.4, -0.2) is 57.6 Å². The van der Waals surface area contributed by atoms with E-state index in [-0.39, 0.29) is 23.7 Å². The molecule has 0 aliphatic carbocycles. The average Bonchev–Trinajstić information content (AvgIpc) is 3.73. The summed E-state index contributed by atoms with van der Waals surface area (Å²) in [5.74, 6) is 1.01. The van der Waals surface area contributed by atoms with E-state index in [2.05, 4.69) is 26.0 Å². The molecule has 2 aromatic carbocycles. The number of imidazole rings is 1. The first-order chi connectivity index (χ1) is 19.7. The maximum atomic E-state index is 12.7. The lowest BCUT2D eigenvalue weighted by Crippen LogP contribution is -2.33. The first-order valence-corrected chi connectivity index (χ1v) is 14.6. The molecule has 0 spiro atoms. The van der Waals surface area contributed by atoms with Crippen LogP contribution in [0.5, 0.6) is 0 Å². The fraction of sp³-hybridized carbons (Fsp3) is 0.333. The Morgan fingerprint density at radius 3 is 2.50 bits per heavy atom. The molecule has 4 heterocycles. The smallest absolute Gasteiger partial charge is 0.324 e. The molecule has 3 N–H and O–H groups in total. The second kappa shape index (κ2) is 12.1. The standard InChI is InChI=1S/C30H33N7O3S.ClH/c1-30(2,3)25-17-26(35-40-25)34-28(39)32-21-9-6-19(7-10-21)22-18-37-23-11-8-20(16-24(23)41-29(37)33-22)27(38)31-12-15-36-13-4-5-14-36;/h6-11,16-18H,4-5,12-15H2,1-3H3,(H,31,38)(H2,32,34,35,39);1H. The fourth-order valence-electron chi connectivity index (χ4n) is 4.91.